The SMILES string of the molecule is O=C(Nc1c(F)cccc1Cl)c1cc(Cl)ccc1F. The molecule has 1 N–H and O–H groups in total. The lowest BCUT2D eigenvalue weighted by atomic mass is 10.2. The lowest BCUT2D eigenvalue weighted by Crippen LogP contribution is -2.15. The van der Waals surface area contributed by atoms with Crippen LogP contribution in [0.3, 0.4) is 0 Å². The number of carbonyl (C=O) groups is 1. The van der Waals surface area contributed by atoms with Crippen LogP contribution in [0, 0.1) is 11.6 Å². The molecule has 0 bridgehead atoms. The molecule has 0 atom stereocenters. The van der Waals surface area contributed by atoms with Gasteiger partial charge in [-0.3, -0.25) is 4.79 Å². The fourth-order valence-corrected chi connectivity index (χ4v) is 1.85. The highest BCUT2D eigenvalue weighted by Crippen LogP contribution is 2.25. The van der Waals surface area contributed by atoms with Gasteiger partial charge in [0.2, 0.25) is 0 Å². The third-order valence-corrected chi connectivity index (χ3v) is 2.92. The molecule has 2 aromatic rings. The summed E-state index contributed by atoms with van der Waals surface area (Å²) in [6.45, 7) is 0. The van der Waals surface area contributed by atoms with Gasteiger partial charge in [-0.25, -0.2) is 8.78 Å². The van der Waals surface area contributed by atoms with Crippen LogP contribution >= 0.6 is 23.2 Å². The summed E-state index contributed by atoms with van der Waals surface area (Å²) in [5, 5.41) is 2.44. The van der Waals surface area contributed by atoms with E-state index in [4.69, 9.17) is 23.2 Å². The van der Waals surface area contributed by atoms with E-state index in [2.05, 4.69) is 5.32 Å². The molecular formula is C13H7Cl2F2NO. The van der Waals surface area contributed by atoms with Gasteiger partial charge in [-0.05, 0) is 30.3 Å². The first-order valence-electron chi connectivity index (χ1n) is 5.19. The summed E-state index contributed by atoms with van der Waals surface area (Å²) >= 11 is 11.4. The zero-order valence-corrected chi connectivity index (χ0v) is 10.9. The molecular weight excluding hydrogens is 295 g/mol. The van der Waals surface area contributed by atoms with Crippen LogP contribution < -0.4 is 5.32 Å². The minimum Gasteiger partial charge on any atom is -0.318 e. The molecule has 0 unspecified atom stereocenters. The number of rotatable bonds is 2. The molecule has 0 aliphatic carbocycles. The van der Waals surface area contributed by atoms with E-state index in [9.17, 15) is 13.6 Å². The van der Waals surface area contributed by atoms with E-state index in [0.29, 0.717) is 0 Å². The van der Waals surface area contributed by atoms with Crippen LogP contribution in [-0.4, -0.2) is 5.91 Å². The molecule has 2 nitrogen and oxygen atoms in total. The largest absolute Gasteiger partial charge is 0.318 e. The standard InChI is InChI=1S/C13H7Cl2F2NO/c14-7-4-5-10(16)8(6-7)13(19)18-12-9(15)2-1-3-11(12)17/h1-6H,(H,18,19). The first kappa shape index (κ1) is 13.8. The number of nitrogens with one attached hydrogen (secondary N) is 1. The summed E-state index contributed by atoms with van der Waals surface area (Å²) < 4.78 is 27.0. The van der Waals surface area contributed by atoms with Crippen molar-refractivity contribution in [3.05, 3.63) is 63.6 Å². The van der Waals surface area contributed by atoms with Crippen LogP contribution in [0.4, 0.5) is 14.5 Å². The lowest BCUT2D eigenvalue weighted by molar-refractivity contribution is 0.102. The van der Waals surface area contributed by atoms with Crippen LogP contribution in [0.15, 0.2) is 36.4 Å². The number of para-hydroxylation sites is 1. The number of halogens is 4. The highest BCUT2D eigenvalue weighted by molar-refractivity contribution is 6.34. The summed E-state index contributed by atoms with van der Waals surface area (Å²) in [6, 6.07) is 7.46. The summed E-state index contributed by atoms with van der Waals surface area (Å²) in [7, 11) is 0. The third kappa shape index (κ3) is 3.03. The number of hydrogen-bond acceptors (Lipinski definition) is 1. The van der Waals surface area contributed by atoms with E-state index in [0.717, 1.165) is 18.2 Å². The molecule has 2 rings (SSSR count). The smallest absolute Gasteiger partial charge is 0.258 e. The van der Waals surface area contributed by atoms with Crippen LogP contribution in [0.5, 0.6) is 0 Å². The zero-order valence-electron chi connectivity index (χ0n) is 9.38. The second-order valence-corrected chi connectivity index (χ2v) is 4.52. The molecule has 0 heterocycles. The van der Waals surface area contributed by atoms with Gasteiger partial charge in [0, 0.05) is 5.02 Å². The van der Waals surface area contributed by atoms with Crippen molar-refractivity contribution in [3.63, 3.8) is 0 Å². The van der Waals surface area contributed by atoms with E-state index in [-0.39, 0.29) is 21.3 Å². The number of benzene rings is 2. The average molecular weight is 302 g/mol. The van der Waals surface area contributed by atoms with Crippen molar-refractivity contribution in [3.8, 4) is 0 Å². The van der Waals surface area contributed by atoms with Crippen molar-refractivity contribution in [1.82, 2.24) is 0 Å². The maximum absolute atomic E-state index is 13.5. The van der Waals surface area contributed by atoms with E-state index in [1.807, 2.05) is 0 Å². The molecule has 19 heavy (non-hydrogen) atoms. The van der Waals surface area contributed by atoms with Gasteiger partial charge in [0.05, 0.1) is 16.3 Å². The van der Waals surface area contributed by atoms with Crippen molar-refractivity contribution in [2.45, 2.75) is 0 Å². The molecule has 0 saturated heterocycles. The van der Waals surface area contributed by atoms with Gasteiger partial charge in [0.25, 0.3) is 5.91 Å². The maximum Gasteiger partial charge on any atom is 0.258 e. The molecule has 0 saturated carbocycles. The van der Waals surface area contributed by atoms with Crippen molar-refractivity contribution < 1.29 is 13.6 Å². The molecule has 0 spiro atoms. The monoisotopic (exact) mass is 301 g/mol. The molecule has 98 valence electrons. The second kappa shape index (κ2) is 5.55. The Balaban J connectivity index is 2.34. The quantitative estimate of drug-likeness (QED) is 0.868. The molecule has 6 heteroatoms. The van der Waals surface area contributed by atoms with Gasteiger partial charge in [0.1, 0.15) is 11.6 Å². The number of carbonyl (C=O) groups excluding carboxylic acids is 1. The predicted molar refractivity (Wildman–Crippen MR) is 70.8 cm³/mol. The van der Waals surface area contributed by atoms with Crippen LogP contribution in [0.1, 0.15) is 10.4 Å². The topological polar surface area (TPSA) is 29.1 Å². The van der Waals surface area contributed by atoms with Crippen molar-refractivity contribution in [2.75, 3.05) is 5.32 Å². The van der Waals surface area contributed by atoms with Gasteiger partial charge in [-0.1, -0.05) is 29.3 Å². The minimum atomic E-state index is -0.827. The summed E-state index contributed by atoms with van der Waals surface area (Å²) in [5.41, 5.74) is -0.486. The Kier molecular flexibility index (Phi) is 4.02. The summed E-state index contributed by atoms with van der Waals surface area (Å²) in [6.07, 6.45) is 0. The molecule has 0 radical (unpaired) electrons. The van der Waals surface area contributed by atoms with Crippen LogP contribution in [0.2, 0.25) is 10.0 Å². The maximum atomic E-state index is 13.5. The summed E-state index contributed by atoms with van der Waals surface area (Å²) in [4.78, 5) is 11.9. The average Bonchev–Trinajstić information content (AvgIpc) is 2.37. The first-order valence-corrected chi connectivity index (χ1v) is 5.95. The lowest BCUT2D eigenvalue weighted by Gasteiger charge is -2.09. The fourth-order valence-electron chi connectivity index (χ4n) is 1.47. The van der Waals surface area contributed by atoms with Crippen molar-refractivity contribution in [1.29, 1.82) is 0 Å². The van der Waals surface area contributed by atoms with Crippen LogP contribution in [0.25, 0.3) is 0 Å². The Morgan fingerprint density at radius 2 is 1.79 bits per heavy atom. The number of anilines is 1. The number of hydrogen-bond donors (Lipinski definition) is 1. The van der Waals surface area contributed by atoms with E-state index < -0.39 is 17.5 Å². The van der Waals surface area contributed by atoms with Gasteiger partial charge in [0.15, 0.2) is 0 Å². The fraction of sp³-hybridized carbons (Fsp3) is 0. The highest BCUT2D eigenvalue weighted by atomic mass is 35.5. The van der Waals surface area contributed by atoms with Gasteiger partial charge >= 0.3 is 0 Å². The van der Waals surface area contributed by atoms with E-state index in [1.54, 1.807) is 0 Å². The van der Waals surface area contributed by atoms with Gasteiger partial charge < -0.3 is 5.32 Å². The first-order chi connectivity index (χ1) is 8.99. The van der Waals surface area contributed by atoms with Crippen molar-refractivity contribution >= 4 is 34.8 Å². The Bertz CT molecular complexity index is 626. The second-order valence-electron chi connectivity index (χ2n) is 3.67. The molecule has 1 amide bonds. The van der Waals surface area contributed by atoms with E-state index >= 15 is 0 Å². The predicted octanol–water partition coefficient (Wildman–Crippen LogP) is 4.52. The molecule has 0 aromatic heterocycles. The van der Waals surface area contributed by atoms with Gasteiger partial charge in [-0.2, -0.15) is 0 Å². The summed E-state index contributed by atoms with van der Waals surface area (Å²) in [5.74, 6) is -2.29. The Morgan fingerprint density at radius 1 is 1.05 bits per heavy atom. The molecule has 0 aliphatic rings. The Morgan fingerprint density at radius 3 is 2.47 bits per heavy atom. The zero-order chi connectivity index (χ0) is 14.0. The third-order valence-electron chi connectivity index (χ3n) is 2.37. The Hall–Kier alpha value is -1.65. The van der Waals surface area contributed by atoms with E-state index in [1.165, 1.54) is 18.2 Å². The highest BCUT2D eigenvalue weighted by Gasteiger charge is 2.16. The number of amides is 1. The van der Waals surface area contributed by atoms with Crippen molar-refractivity contribution in [2.24, 2.45) is 0 Å². The molecule has 0 fully saturated rings. The van der Waals surface area contributed by atoms with Crippen LogP contribution in [-0.2, 0) is 0 Å². The molecule has 0 aliphatic heterocycles. The Labute approximate surface area is 118 Å². The molecule has 2 aromatic carbocycles. The minimum absolute atomic E-state index is 0.0239. The normalized spacial score (nSPS) is 10.3. The van der Waals surface area contributed by atoms with Gasteiger partial charge in [-0.15, -0.1) is 0 Å².